The Morgan fingerprint density at radius 2 is 1.82 bits per heavy atom. The van der Waals surface area contributed by atoms with Crippen molar-refractivity contribution in [2.45, 2.75) is 38.4 Å². The second-order valence-corrected chi connectivity index (χ2v) is 6.64. The highest BCUT2D eigenvalue weighted by Crippen LogP contribution is 2.37. The average Bonchev–Trinajstić information content (AvgIpc) is 2.96. The number of aromatic nitrogens is 4. The van der Waals surface area contributed by atoms with Crippen LogP contribution < -0.4 is 14.8 Å². The zero-order chi connectivity index (χ0) is 19.7. The topological polar surface area (TPSA) is 83.3 Å². The lowest BCUT2D eigenvalue weighted by Crippen LogP contribution is -2.21. The molecule has 4 rings (SSSR count). The molecule has 2 aliphatic rings. The summed E-state index contributed by atoms with van der Waals surface area (Å²) in [4.78, 5) is 7.73. The highest BCUT2D eigenvalue weighted by Gasteiger charge is 2.36. The molecule has 11 heteroatoms. The average molecular weight is 399 g/mol. The summed E-state index contributed by atoms with van der Waals surface area (Å²) >= 11 is 0. The van der Waals surface area contributed by atoms with E-state index in [9.17, 15) is 13.2 Å². The summed E-state index contributed by atoms with van der Waals surface area (Å²) in [5.41, 5.74) is 0.333. The summed E-state index contributed by atoms with van der Waals surface area (Å²) in [5, 5.41) is 7.53. The van der Waals surface area contributed by atoms with Gasteiger partial charge in [0, 0.05) is 25.8 Å². The number of hydrogen-bond acceptors (Lipinski definition) is 7. The van der Waals surface area contributed by atoms with Crippen molar-refractivity contribution < 1.29 is 27.4 Å². The van der Waals surface area contributed by atoms with Crippen LogP contribution in [-0.4, -0.2) is 46.2 Å². The van der Waals surface area contributed by atoms with Crippen molar-refractivity contribution >= 4 is 11.6 Å². The highest BCUT2D eigenvalue weighted by molar-refractivity contribution is 5.63. The van der Waals surface area contributed by atoms with Gasteiger partial charge in [0.1, 0.15) is 11.3 Å². The van der Waals surface area contributed by atoms with Crippen molar-refractivity contribution in [1.29, 1.82) is 0 Å². The summed E-state index contributed by atoms with van der Waals surface area (Å²) in [6.45, 7) is 3.48. The van der Waals surface area contributed by atoms with Crippen LogP contribution in [0.15, 0.2) is 6.20 Å². The molecule has 2 aromatic heterocycles. The third kappa shape index (κ3) is 3.71. The Balaban J connectivity index is 1.71. The van der Waals surface area contributed by atoms with Gasteiger partial charge in [-0.2, -0.15) is 18.2 Å². The molecular weight excluding hydrogens is 379 g/mol. The molecule has 1 fully saturated rings. The number of nitrogens with one attached hydrogen (secondary N) is 1. The van der Waals surface area contributed by atoms with Crippen molar-refractivity contribution in [3.05, 3.63) is 17.5 Å². The van der Waals surface area contributed by atoms with Crippen LogP contribution in [0.5, 0.6) is 11.8 Å². The van der Waals surface area contributed by atoms with Gasteiger partial charge in [-0.15, -0.1) is 5.10 Å². The van der Waals surface area contributed by atoms with E-state index in [1.165, 1.54) is 0 Å². The van der Waals surface area contributed by atoms with Gasteiger partial charge in [0.25, 0.3) is 5.88 Å². The second-order valence-electron chi connectivity index (χ2n) is 6.64. The van der Waals surface area contributed by atoms with Crippen LogP contribution in [0.1, 0.15) is 36.6 Å². The monoisotopic (exact) mass is 399 g/mol. The van der Waals surface area contributed by atoms with E-state index < -0.39 is 17.6 Å². The van der Waals surface area contributed by atoms with Crippen molar-refractivity contribution in [1.82, 2.24) is 19.7 Å². The molecule has 2 bridgehead atoms. The van der Waals surface area contributed by atoms with E-state index in [1.807, 2.05) is 11.6 Å². The maximum atomic E-state index is 13.2. The Bertz CT molecular complexity index is 849. The summed E-state index contributed by atoms with van der Waals surface area (Å²) in [6, 6.07) is 0.173. The van der Waals surface area contributed by atoms with E-state index in [4.69, 9.17) is 14.2 Å². The Labute approximate surface area is 159 Å². The lowest BCUT2D eigenvalue weighted by molar-refractivity contribution is -0.139. The Morgan fingerprint density at radius 1 is 1.11 bits per heavy atom. The Kier molecular flexibility index (Phi) is 5.00. The molecule has 0 spiro atoms. The number of anilines is 2. The van der Waals surface area contributed by atoms with E-state index in [-0.39, 0.29) is 25.2 Å². The molecule has 152 valence electrons. The molecule has 0 radical (unpaired) electrons. The van der Waals surface area contributed by atoms with Gasteiger partial charge in [-0.1, -0.05) is 0 Å². The van der Waals surface area contributed by atoms with Crippen molar-refractivity contribution in [3.63, 3.8) is 0 Å². The maximum absolute atomic E-state index is 13.2. The molecule has 2 aliphatic heterocycles. The first-order valence-corrected chi connectivity index (χ1v) is 9.07. The standard InChI is InChI=1S/C17H20F3N5O3/c1-10-13-15(24-25(10)11-3-7-26-8-4-11)28-6-2-5-27-14-12(17(18,19)20)9-21-16(22-13)23-14/h9,11H,2-8H2,1H3,(H,21,22,23). The van der Waals surface area contributed by atoms with E-state index in [0.29, 0.717) is 31.2 Å². The van der Waals surface area contributed by atoms with E-state index in [2.05, 4.69) is 20.4 Å². The molecule has 0 unspecified atom stereocenters. The first kappa shape index (κ1) is 18.8. The third-order valence-electron chi connectivity index (χ3n) is 4.72. The molecule has 0 amide bonds. The van der Waals surface area contributed by atoms with Gasteiger partial charge >= 0.3 is 6.18 Å². The van der Waals surface area contributed by atoms with E-state index >= 15 is 0 Å². The fourth-order valence-electron chi connectivity index (χ4n) is 3.26. The van der Waals surface area contributed by atoms with Gasteiger partial charge in [0.05, 0.1) is 24.9 Å². The van der Waals surface area contributed by atoms with Gasteiger partial charge in [-0.05, 0) is 19.8 Å². The number of fused-ring (bicyclic) bond motifs is 3. The van der Waals surface area contributed by atoms with Crippen LogP contribution in [0.2, 0.25) is 0 Å². The molecule has 0 saturated carbocycles. The number of ether oxygens (including phenoxy) is 3. The fourth-order valence-corrected chi connectivity index (χ4v) is 3.26. The maximum Gasteiger partial charge on any atom is 0.423 e. The molecule has 28 heavy (non-hydrogen) atoms. The molecule has 1 N–H and O–H groups in total. The number of rotatable bonds is 1. The number of halogens is 3. The number of nitrogens with zero attached hydrogens (tertiary/aromatic N) is 4. The van der Waals surface area contributed by atoms with Crippen molar-refractivity contribution in [3.8, 4) is 11.8 Å². The summed E-state index contributed by atoms with van der Waals surface area (Å²) in [5.74, 6) is -0.136. The van der Waals surface area contributed by atoms with Crippen LogP contribution >= 0.6 is 0 Å². The van der Waals surface area contributed by atoms with Gasteiger partial charge in [0.2, 0.25) is 11.8 Å². The second kappa shape index (κ2) is 7.46. The third-order valence-corrected chi connectivity index (χ3v) is 4.72. The predicted molar refractivity (Wildman–Crippen MR) is 92.0 cm³/mol. The van der Waals surface area contributed by atoms with Gasteiger partial charge < -0.3 is 19.5 Å². The summed E-state index contributed by atoms with van der Waals surface area (Å²) in [6.07, 6.45) is -1.83. The quantitative estimate of drug-likeness (QED) is 0.788. The minimum Gasteiger partial charge on any atom is -0.477 e. The van der Waals surface area contributed by atoms with Gasteiger partial charge in [0.15, 0.2) is 0 Å². The van der Waals surface area contributed by atoms with Gasteiger partial charge in [-0.3, -0.25) is 4.68 Å². The minimum absolute atomic E-state index is 0.00984. The predicted octanol–water partition coefficient (Wildman–Crippen LogP) is 3.26. The minimum atomic E-state index is -4.60. The lowest BCUT2D eigenvalue weighted by Gasteiger charge is -2.23. The van der Waals surface area contributed by atoms with E-state index in [1.54, 1.807) is 0 Å². The molecule has 0 aliphatic carbocycles. The molecule has 8 nitrogen and oxygen atoms in total. The zero-order valence-corrected chi connectivity index (χ0v) is 15.3. The highest BCUT2D eigenvalue weighted by atomic mass is 19.4. The first-order valence-electron chi connectivity index (χ1n) is 9.07. The number of alkyl halides is 3. The summed E-state index contributed by atoms with van der Waals surface area (Å²) in [7, 11) is 0. The van der Waals surface area contributed by atoms with Crippen LogP contribution in [0, 0.1) is 6.92 Å². The lowest BCUT2D eigenvalue weighted by atomic mass is 10.1. The first-order chi connectivity index (χ1) is 13.4. The van der Waals surface area contributed by atoms with Crippen LogP contribution in [-0.2, 0) is 10.9 Å². The SMILES string of the molecule is Cc1c2c(nn1C1CCOCC1)OCCCOc1nc(ncc1C(F)(F)F)N2. The molecule has 1 saturated heterocycles. The number of hydrogen-bond donors (Lipinski definition) is 1. The molecule has 0 atom stereocenters. The van der Waals surface area contributed by atoms with Gasteiger partial charge in [-0.25, -0.2) is 4.98 Å². The Hall–Kier alpha value is -2.56. The van der Waals surface area contributed by atoms with Crippen molar-refractivity contribution in [2.75, 3.05) is 31.7 Å². The normalized spacial score (nSPS) is 18.3. The molecule has 2 aromatic rings. The molecule has 4 heterocycles. The Morgan fingerprint density at radius 3 is 2.54 bits per heavy atom. The van der Waals surface area contributed by atoms with Crippen molar-refractivity contribution in [2.24, 2.45) is 0 Å². The smallest absolute Gasteiger partial charge is 0.423 e. The zero-order valence-electron chi connectivity index (χ0n) is 15.3. The molecule has 0 aromatic carbocycles. The largest absolute Gasteiger partial charge is 0.477 e. The van der Waals surface area contributed by atoms with E-state index in [0.717, 1.165) is 24.7 Å². The van der Waals surface area contributed by atoms with Crippen LogP contribution in [0.4, 0.5) is 24.8 Å². The van der Waals surface area contributed by atoms with Crippen LogP contribution in [0.3, 0.4) is 0 Å². The van der Waals surface area contributed by atoms with Crippen LogP contribution in [0.25, 0.3) is 0 Å². The molecular formula is C17H20F3N5O3. The fraction of sp³-hybridized carbons (Fsp3) is 0.588. The summed E-state index contributed by atoms with van der Waals surface area (Å²) < 4.78 is 57.8.